The van der Waals surface area contributed by atoms with Gasteiger partial charge < -0.3 is 9.72 Å². The minimum Gasteiger partial charge on any atom is -0.345 e. The number of carbonyl (C=O) groups excluding carboxylic acids is 1. The highest BCUT2D eigenvalue weighted by Crippen LogP contribution is 2.28. The first-order valence-electron chi connectivity index (χ1n) is 11.1. The number of hydrogen-bond acceptors (Lipinski definition) is 4. The Morgan fingerprint density at radius 3 is 2.61 bits per heavy atom. The number of carbonyl (C=O) groups is 1. The summed E-state index contributed by atoms with van der Waals surface area (Å²) in [6, 6.07) is 11.0. The van der Waals surface area contributed by atoms with Gasteiger partial charge in [-0.3, -0.25) is 9.36 Å². The first kappa shape index (κ1) is 23.3. The molecule has 1 N–H and O–H groups in total. The van der Waals surface area contributed by atoms with Crippen molar-refractivity contribution in [3.8, 4) is 16.9 Å². The van der Waals surface area contributed by atoms with E-state index in [1.54, 1.807) is 30.9 Å². The zero-order chi connectivity index (χ0) is 25.6. The van der Waals surface area contributed by atoms with Gasteiger partial charge in [-0.1, -0.05) is 18.2 Å². The fourth-order valence-electron chi connectivity index (χ4n) is 4.36. The van der Waals surface area contributed by atoms with Crippen LogP contribution in [-0.2, 0) is 11.3 Å². The van der Waals surface area contributed by atoms with Crippen LogP contribution in [0.3, 0.4) is 0 Å². The molecule has 184 valence electrons. The van der Waals surface area contributed by atoms with E-state index in [0.717, 1.165) is 26.8 Å². The highest BCUT2D eigenvalue weighted by Gasteiger charge is 2.28. The minimum atomic E-state index is -4.55. The van der Waals surface area contributed by atoms with Gasteiger partial charge in [-0.25, -0.2) is 19.3 Å². The molecule has 1 amide bonds. The van der Waals surface area contributed by atoms with Crippen LogP contribution >= 0.6 is 0 Å². The Kier molecular flexibility index (Phi) is 5.62. The largest absolute Gasteiger partial charge is 0.405 e. The molecule has 36 heavy (non-hydrogen) atoms. The molecule has 5 rings (SSSR count). The molecule has 0 saturated carbocycles. The van der Waals surface area contributed by atoms with E-state index in [1.165, 1.54) is 4.57 Å². The Balaban J connectivity index is 1.60. The van der Waals surface area contributed by atoms with E-state index in [2.05, 4.69) is 9.97 Å². The van der Waals surface area contributed by atoms with Gasteiger partial charge in [0.05, 0.1) is 29.1 Å². The van der Waals surface area contributed by atoms with E-state index in [0.29, 0.717) is 22.4 Å². The lowest BCUT2D eigenvalue weighted by Gasteiger charge is -2.11. The second kappa shape index (κ2) is 8.67. The normalized spacial score (nSPS) is 11.9. The number of alkyl halides is 3. The van der Waals surface area contributed by atoms with E-state index in [-0.39, 0.29) is 0 Å². The van der Waals surface area contributed by atoms with Crippen LogP contribution in [0, 0.1) is 13.8 Å². The fraction of sp³-hybridized carbons (Fsp3) is 0.200. The van der Waals surface area contributed by atoms with Crippen molar-refractivity contribution in [3.63, 3.8) is 0 Å². The zero-order valence-electron chi connectivity index (χ0n) is 19.4. The number of nitrogens with zero attached hydrogens (tertiary/aromatic N) is 5. The Bertz CT molecular complexity index is 1680. The van der Waals surface area contributed by atoms with Gasteiger partial charge in [0.15, 0.2) is 0 Å². The Morgan fingerprint density at radius 1 is 1.06 bits per heavy atom. The number of rotatable bonds is 5. The number of amides is 1. The van der Waals surface area contributed by atoms with E-state index in [4.69, 9.17) is 0 Å². The van der Waals surface area contributed by atoms with Gasteiger partial charge in [-0.15, -0.1) is 0 Å². The number of hydrogen-bond donors (Lipinski definition) is 1. The molecule has 0 aliphatic rings. The smallest absolute Gasteiger partial charge is 0.345 e. The van der Waals surface area contributed by atoms with Gasteiger partial charge in [0.25, 0.3) is 0 Å². The number of fused-ring (bicyclic) bond motifs is 2. The molecule has 5 aromatic rings. The molecule has 0 unspecified atom stereocenters. The van der Waals surface area contributed by atoms with Gasteiger partial charge in [0, 0.05) is 23.5 Å². The number of imidazole rings is 2. The summed E-state index contributed by atoms with van der Waals surface area (Å²) in [5.74, 6) is -0.540. The summed E-state index contributed by atoms with van der Waals surface area (Å²) in [4.78, 5) is 34.5. The van der Waals surface area contributed by atoms with Gasteiger partial charge >= 0.3 is 11.9 Å². The van der Waals surface area contributed by atoms with Crippen LogP contribution < -0.4 is 11.0 Å². The predicted molar refractivity (Wildman–Crippen MR) is 128 cm³/mol. The average Bonchev–Trinajstić information content (AvgIpc) is 3.41. The zero-order valence-corrected chi connectivity index (χ0v) is 19.4. The molecular weight excluding hydrogens is 473 g/mol. The number of benzene rings is 1. The second-order valence-corrected chi connectivity index (χ2v) is 8.51. The van der Waals surface area contributed by atoms with Crippen LogP contribution in [0.15, 0.2) is 66.1 Å². The van der Waals surface area contributed by atoms with E-state index in [1.807, 2.05) is 54.0 Å². The molecule has 11 heteroatoms. The molecule has 8 nitrogen and oxygen atoms in total. The molecule has 0 bridgehead atoms. The third-order valence-electron chi connectivity index (χ3n) is 5.97. The van der Waals surface area contributed by atoms with Crippen LogP contribution in [0.1, 0.15) is 11.1 Å². The number of nitrogens with one attached hydrogen (secondary N) is 1. The van der Waals surface area contributed by atoms with Crippen molar-refractivity contribution in [2.24, 2.45) is 0 Å². The molecule has 4 aromatic heterocycles. The number of aromatic nitrogens is 5. The van der Waals surface area contributed by atoms with E-state index in [9.17, 15) is 22.8 Å². The Morgan fingerprint density at radius 2 is 1.86 bits per heavy atom. The van der Waals surface area contributed by atoms with Crippen LogP contribution in [-0.4, -0.2) is 42.1 Å². The second-order valence-electron chi connectivity index (χ2n) is 8.51. The van der Waals surface area contributed by atoms with Gasteiger partial charge in [-0.05, 0) is 43.2 Å². The van der Waals surface area contributed by atoms with Gasteiger partial charge in [0.1, 0.15) is 18.9 Å². The molecule has 4 heterocycles. The first-order chi connectivity index (χ1) is 17.1. The summed E-state index contributed by atoms with van der Waals surface area (Å²) in [7, 11) is 0. The monoisotopic (exact) mass is 494 g/mol. The fourth-order valence-corrected chi connectivity index (χ4v) is 4.36. The van der Waals surface area contributed by atoms with E-state index >= 15 is 0 Å². The highest BCUT2D eigenvalue weighted by molar-refractivity contribution is 5.85. The van der Waals surface area contributed by atoms with Crippen molar-refractivity contribution < 1.29 is 18.0 Å². The summed E-state index contributed by atoms with van der Waals surface area (Å²) in [5.41, 5.74) is 4.52. The third-order valence-corrected chi connectivity index (χ3v) is 5.97. The first-order valence-corrected chi connectivity index (χ1v) is 11.1. The molecule has 1 aromatic carbocycles. The maximum atomic E-state index is 13.5. The molecule has 0 saturated heterocycles. The molecule has 0 atom stereocenters. The number of aryl methyl sites for hydroxylation is 2. The SMILES string of the molecule is Cc1cc(-c2cccn3cncc23)cnc1-n1c(=O)n(CC(=O)NCC(F)(F)F)c2cccc(C)c21. The topological polar surface area (TPSA) is 86.2 Å². The number of halogens is 3. The summed E-state index contributed by atoms with van der Waals surface area (Å²) < 4.78 is 42.1. The summed E-state index contributed by atoms with van der Waals surface area (Å²) in [6.45, 7) is 1.62. The molecule has 0 fully saturated rings. The number of para-hydroxylation sites is 1. The number of pyridine rings is 2. The van der Waals surface area contributed by atoms with Crippen molar-refractivity contribution in [1.29, 1.82) is 0 Å². The highest BCUT2D eigenvalue weighted by atomic mass is 19.4. The van der Waals surface area contributed by atoms with Gasteiger partial charge in [-0.2, -0.15) is 13.2 Å². The molecule has 0 spiro atoms. The summed E-state index contributed by atoms with van der Waals surface area (Å²) >= 11 is 0. The van der Waals surface area contributed by atoms with Gasteiger partial charge in [0.2, 0.25) is 5.91 Å². The Labute approximate surface area is 202 Å². The van der Waals surface area contributed by atoms with Crippen molar-refractivity contribution >= 4 is 22.5 Å². The van der Waals surface area contributed by atoms with Crippen molar-refractivity contribution in [2.45, 2.75) is 26.6 Å². The minimum absolute atomic E-state index is 0.373. The predicted octanol–water partition coefficient (Wildman–Crippen LogP) is 3.80. The van der Waals surface area contributed by atoms with Crippen LogP contribution in [0.5, 0.6) is 0 Å². The Hall–Kier alpha value is -4.41. The lowest BCUT2D eigenvalue weighted by atomic mass is 10.1. The van der Waals surface area contributed by atoms with E-state index < -0.39 is 30.9 Å². The van der Waals surface area contributed by atoms with Crippen molar-refractivity contribution in [2.75, 3.05) is 6.54 Å². The third kappa shape index (κ3) is 4.12. The lowest BCUT2D eigenvalue weighted by molar-refractivity contribution is -0.138. The molecule has 0 radical (unpaired) electrons. The quantitative estimate of drug-likeness (QED) is 0.403. The van der Waals surface area contributed by atoms with Crippen LogP contribution in [0.2, 0.25) is 0 Å². The standard InChI is InChI=1S/C25H21F3N6O2/c1-15-5-3-7-19-22(15)34(24(36)33(19)12-21(35)31-13-25(26,27)28)23-16(2)9-17(10-30-23)18-6-4-8-32-14-29-11-20(18)32/h3-11,14H,12-13H2,1-2H3,(H,31,35). The average molecular weight is 494 g/mol. The maximum Gasteiger partial charge on any atom is 0.405 e. The maximum absolute atomic E-state index is 13.5. The summed E-state index contributed by atoms with van der Waals surface area (Å²) in [5, 5.41) is 1.82. The van der Waals surface area contributed by atoms with Crippen molar-refractivity contribution in [3.05, 3.63) is 82.9 Å². The molecule has 0 aliphatic carbocycles. The molecular formula is C25H21F3N6O2. The van der Waals surface area contributed by atoms with Crippen molar-refractivity contribution in [1.82, 2.24) is 28.8 Å². The summed E-state index contributed by atoms with van der Waals surface area (Å²) in [6.07, 6.45) is 2.46. The van der Waals surface area contributed by atoms with Crippen LogP contribution in [0.25, 0.3) is 33.5 Å². The molecule has 0 aliphatic heterocycles. The lowest BCUT2D eigenvalue weighted by Crippen LogP contribution is -2.38. The van der Waals surface area contributed by atoms with Crippen LogP contribution in [0.4, 0.5) is 13.2 Å².